The highest BCUT2D eigenvalue weighted by atomic mass is 16.5. The first-order valence-corrected chi connectivity index (χ1v) is 3.46. The van der Waals surface area contributed by atoms with Gasteiger partial charge in [0.05, 0.1) is 0 Å². The number of cyclic esters (lactones) is 1. The molecule has 0 bridgehead atoms. The van der Waals surface area contributed by atoms with Gasteiger partial charge in [-0.1, -0.05) is 0 Å². The number of carbonyl (C=O) groups excluding carboxylic acids is 2. The molecule has 1 aliphatic rings. The van der Waals surface area contributed by atoms with Crippen LogP contribution in [0.5, 0.6) is 0 Å². The van der Waals surface area contributed by atoms with Crippen LogP contribution in [0.15, 0.2) is 0 Å². The van der Waals surface area contributed by atoms with Crippen molar-refractivity contribution in [3.05, 3.63) is 0 Å². The lowest BCUT2D eigenvalue weighted by Gasteiger charge is -2.04. The lowest BCUT2D eigenvalue weighted by atomic mass is 10.1. The summed E-state index contributed by atoms with van der Waals surface area (Å²) in [5.41, 5.74) is 0. The molecule has 1 atom stereocenters. The van der Waals surface area contributed by atoms with Crippen molar-refractivity contribution in [1.82, 2.24) is 0 Å². The first-order chi connectivity index (χ1) is 4.83. The largest absolute Gasteiger partial charge is 0.462 e. The van der Waals surface area contributed by atoms with E-state index < -0.39 is 0 Å². The summed E-state index contributed by atoms with van der Waals surface area (Å²) in [4.78, 5) is 20.4. The molecule has 1 rings (SSSR count). The highest BCUT2D eigenvalue weighted by Gasteiger charge is 2.22. The second-order valence-corrected chi connectivity index (χ2v) is 2.39. The van der Waals surface area contributed by atoms with Crippen LogP contribution in [0, 0.1) is 0 Å². The Bertz CT molecular complexity index is 142. The average molecular weight is 142 g/mol. The fourth-order valence-corrected chi connectivity index (χ4v) is 1.04. The molecule has 1 heterocycles. The van der Waals surface area contributed by atoms with Crippen LogP contribution in [0.3, 0.4) is 0 Å². The fourth-order valence-electron chi connectivity index (χ4n) is 1.04. The molecule has 1 saturated heterocycles. The van der Waals surface area contributed by atoms with Crippen LogP contribution in [-0.2, 0) is 14.3 Å². The number of hydrogen-bond acceptors (Lipinski definition) is 3. The molecule has 0 aliphatic carbocycles. The zero-order valence-electron chi connectivity index (χ0n) is 5.71. The minimum atomic E-state index is -0.129. The van der Waals surface area contributed by atoms with Gasteiger partial charge in [0, 0.05) is 12.8 Å². The van der Waals surface area contributed by atoms with Crippen molar-refractivity contribution in [2.45, 2.75) is 31.8 Å². The number of esters is 1. The average Bonchev–Trinajstić information content (AvgIpc) is 2.31. The monoisotopic (exact) mass is 142 g/mol. The van der Waals surface area contributed by atoms with E-state index in [4.69, 9.17) is 4.74 Å². The molecular formula is C7H10O3. The second-order valence-electron chi connectivity index (χ2n) is 2.39. The smallest absolute Gasteiger partial charge is 0.306 e. The Kier molecular flexibility index (Phi) is 2.42. The van der Waals surface area contributed by atoms with Gasteiger partial charge in [-0.05, 0) is 12.8 Å². The Labute approximate surface area is 59.4 Å². The highest BCUT2D eigenvalue weighted by molar-refractivity contribution is 5.71. The van der Waals surface area contributed by atoms with Crippen LogP contribution in [0.2, 0.25) is 0 Å². The van der Waals surface area contributed by atoms with E-state index >= 15 is 0 Å². The Morgan fingerprint density at radius 1 is 1.70 bits per heavy atom. The summed E-state index contributed by atoms with van der Waals surface area (Å²) >= 11 is 0. The third kappa shape index (κ3) is 1.83. The molecule has 0 amide bonds. The third-order valence-electron chi connectivity index (χ3n) is 1.58. The molecule has 3 heteroatoms. The van der Waals surface area contributed by atoms with Crippen molar-refractivity contribution in [2.75, 3.05) is 0 Å². The lowest BCUT2D eigenvalue weighted by molar-refractivity contribution is -0.141. The zero-order valence-corrected chi connectivity index (χ0v) is 5.71. The molecule has 3 nitrogen and oxygen atoms in total. The molecule has 0 unspecified atom stereocenters. The molecule has 0 N–H and O–H groups in total. The number of aldehydes is 1. The number of carbonyl (C=O) groups is 2. The van der Waals surface area contributed by atoms with Gasteiger partial charge in [0.25, 0.3) is 0 Å². The van der Waals surface area contributed by atoms with Crippen LogP contribution in [0.1, 0.15) is 25.7 Å². The van der Waals surface area contributed by atoms with Crippen LogP contribution < -0.4 is 0 Å². The molecule has 0 aromatic heterocycles. The molecule has 10 heavy (non-hydrogen) atoms. The molecule has 1 fully saturated rings. The van der Waals surface area contributed by atoms with E-state index in [1.165, 1.54) is 0 Å². The Morgan fingerprint density at radius 2 is 2.50 bits per heavy atom. The van der Waals surface area contributed by atoms with E-state index in [-0.39, 0.29) is 12.1 Å². The molecule has 1 aliphatic heterocycles. The molecule has 0 aromatic rings. The second kappa shape index (κ2) is 3.34. The van der Waals surface area contributed by atoms with Gasteiger partial charge in [-0.3, -0.25) is 4.79 Å². The topological polar surface area (TPSA) is 43.4 Å². The molecule has 0 saturated carbocycles. The van der Waals surface area contributed by atoms with Crippen molar-refractivity contribution in [1.29, 1.82) is 0 Å². The minimum Gasteiger partial charge on any atom is -0.462 e. The van der Waals surface area contributed by atoms with Gasteiger partial charge in [0.15, 0.2) is 0 Å². The number of rotatable bonds is 3. The maximum atomic E-state index is 10.5. The SMILES string of the molecule is O=CCC[C@H]1CCC(=O)O1. The summed E-state index contributed by atoms with van der Waals surface area (Å²) in [5.74, 6) is -0.129. The van der Waals surface area contributed by atoms with Crippen LogP contribution >= 0.6 is 0 Å². The van der Waals surface area contributed by atoms with E-state index in [2.05, 4.69) is 0 Å². The predicted octanol–water partition coefficient (Wildman–Crippen LogP) is 0.671. The van der Waals surface area contributed by atoms with E-state index in [9.17, 15) is 9.59 Å². The third-order valence-corrected chi connectivity index (χ3v) is 1.58. The van der Waals surface area contributed by atoms with Crippen molar-refractivity contribution in [3.8, 4) is 0 Å². The predicted molar refractivity (Wildman–Crippen MR) is 34.4 cm³/mol. The van der Waals surface area contributed by atoms with Gasteiger partial charge in [0.1, 0.15) is 12.4 Å². The Hall–Kier alpha value is -0.860. The Balaban J connectivity index is 2.18. The quantitative estimate of drug-likeness (QED) is 0.429. The van der Waals surface area contributed by atoms with Crippen molar-refractivity contribution >= 4 is 12.3 Å². The first-order valence-electron chi connectivity index (χ1n) is 3.46. The highest BCUT2D eigenvalue weighted by Crippen LogP contribution is 2.17. The standard InChI is InChI=1S/C7H10O3/c8-5-1-2-6-3-4-7(9)10-6/h5-6H,1-4H2/t6-/m0/s1. The minimum absolute atomic E-state index is 0.0118. The van der Waals surface area contributed by atoms with Gasteiger partial charge in [0.2, 0.25) is 0 Å². The van der Waals surface area contributed by atoms with Gasteiger partial charge < -0.3 is 9.53 Å². The number of hydrogen-bond donors (Lipinski definition) is 0. The summed E-state index contributed by atoms with van der Waals surface area (Å²) in [7, 11) is 0. The van der Waals surface area contributed by atoms with E-state index in [0.717, 1.165) is 12.7 Å². The van der Waals surface area contributed by atoms with Crippen molar-refractivity contribution in [2.24, 2.45) is 0 Å². The van der Waals surface area contributed by atoms with Gasteiger partial charge >= 0.3 is 5.97 Å². The van der Waals surface area contributed by atoms with Crippen LogP contribution in [0.4, 0.5) is 0 Å². The molecular weight excluding hydrogens is 132 g/mol. The summed E-state index contributed by atoms with van der Waals surface area (Å²) < 4.78 is 4.87. The Morgan fingerprint density at radius 3 is 3.00 bits per heavy atom. The fraction of sp³-hybridized carbons (Fsp3) is 0.714. The maximum Gasteiger partial charge on any atom is 0.306 e. The van der Waals surface area contributed by atoms with Gasteiger partial charge in [-0.2, -0.15) is 0 Å². The zero-order chi connectivity index (χ0) is 7.40. The van der Waals surface area contributed by atoms with Crippen molar-refractivity contribution < 1.29 is 14.3 Å². The van der Waals surface area contributed by atoms with Gasteiger partial charge in [-0.25, -0.2) is 0 Å². The summed E-state index contributed by atoms with van der Waals surface area (Å²) in [6.07, 6.45) is 3.35. The summed E-state index contributed by atoms with van der Waals surface area (Å²) in [6, 6.07) is 0. The molecule has 0 spiro atoms. The lowest BCUT2D eigenvalue weighted by Crippen LogP contribution is -2.06. The molecule has 0 radical (unpaired) electrons. The van der Waals surface area contributed by atoms with Gasteiger partial charge in [-0.15, -0.1) is 0 Å². The van der Waals surface area contributed by atoms with E-state index in [1.54, 1.807) is 0 Å². The van der Waals surface area contributed by atoms with Crippen LogP contribution in [-0.4, -0.2) is 18.4 Å². The van der Waals surface area contributed by atoms with Crippen LogP contribution in [0.25, 0.3) is 0 Å². The van der Waals surface area contributed by atoms with Crippen molar-refractivity contribution in [3.63, 3.8) is 0 Å². The van der Waals surface area contributed by atoms with E-state index in [1.807, 2.05) is 0 Å². The molecule has 0 aromatic carbocycles. The summed E-state index contributed by atoms with van der Waals surface area (Å²) in [5, 5.41) is 0. The first kappa shape index (κ1) is 7.25. The van der Waals surface area contributed by atoms with E-state index in [0.29, 0.717) is 19.3 Å². The molecule has 56 valence electrons. The summed E-state index contributed by atoms with van der Waals surface area (Å²) in [6.45, 7) is 0. The number of ether oxygens (including phenoxy) is 1. The maximum absolute atomic E-state index is 10.5. The normalized spacial score (nSPS) is 24.4.